The van der Waals surface area contributed by atoms with Gasteiger partial charge in [-0.15, -0.1) is 0 Å². The van der Waals surface area contributed by atoms with Gasteiger partial charge in [0.05, 0.1) is 28.9 Å². The highest BCUT2D eigenvalue weighted by Crippen LogP contribution is 2.24. The lowest BCUT2D eigenvalue weighted by Crippen LogP contribution is -2.23. The van der Waals surface area contributed by atoms with E-state index in [0.29, 0.717) is 11.4 Å². The molecule has 0 aromatic carbocycles. The molecular weight excluding hydrogens is 240 g/mol. The molecule has 0 saturated carbocycles. The number of carbonyl (C=O) groups is 1. The van der Waals surface area contributed by atoms with Crippen LogP contribution in [0.4, 0.5) is 0 Å². The van der Waals surface area contributed by atoms with Crippen molar-refractivity contribution >= 4 is 17.4 Å². The minimum atomic E-state index is -0.267. The molecule has 4 nitrogen and oxygen atoms in total. The fourth-order valence-electron chi connectivity index (χ4n) is 2.19. The van der Waals surface area contributed by atoms with Crippen molar-refractivity contribution in [2.24, 2.45) is 7.05 Å². The number of ketones is 1. The molecule has 1 aromatic heterocycles. The molecule has 1 saturated heterocycles. The Hall–Kier alpha value is -0.870. The van der Waals surface area contributed by atoms with Crippen molar-refractivity contribution in [3.63, 3.8) is 0 Å². The molecule has 17 heavy (non-hydrogen) atoms. The number of nitrogens with zero attached hydrogens (tertiary/aromatic N) is 2. The summed E-state index contributed by atoms with van der Waals surface area (Å²) in [6.07, 6.45) is 1.99. The van der Waals surface area contributed by atoms with Crippen LogP contribution in [0.2, 0.25) is 5.02 Å². The first-order valence-corrected chi connectivity index (χ1v) is 6.23. The normalized spacial score (nSPS) is 24.2. The summed E-state index contributed by atoms with van der Waals surface area (Å²) in [4.78, 5) is 12.0. The summed E-state index contributed by atoms with van der Waals surface area (Å²) < 4.78 is 7.23. The van der Waals surface area contributed by atoms with E-state index in [0.717, 1.165) is 24.2 Å². The minimum Gasteiger partial charge on any atom is -0.367 e. The zero-order valence-electron chi connectivity index (χ0n) is 10.4. The summed E-state index contributed by atoms with van der Waals surface area (Å²) in [5, 5.41) is 4.79. The number of Topliss-reactive ketones (excluding diaryl/α,β-unsaturated/α-hetero) is 1. The Morgan fingerprint density at radius 2 is 2.29 bits per heavy atom. The standard InChI is InChI=1S/C12H17ClN2O2/c1-7-4-5-11(17-7)10(16)6-9-12(13)8(2)14-15(9)3/h7,11H,4-6H2,1-3H3. The van der Waals surface area contributed by atoms with Gasteiger partial charge in [0.1, 0.15) is 6.10 Å². The van der Waals surface area contributed by atoms with E-state index >= 15 is 0 Å². The molecule has 2 atom stereocenters. The summed E-state index contributed by atoms with van der Waals surface area (Å²) in [6.45, 7) is 3.83. The molecule has 2 heterocycles. The highest BCUT2D eigenvalue weighted by Gasteiger charge is 2.29. The average Bonchev–Trinajstić information content (AvgIpc) is 2.79. The molecule has 0 bridgehead atoms. The quantitative estimate of drug-likeness (QED) is 0.832. The van der Waals surface area contributed by atoms with Crippen LogP contribution in [0.25, 0.3) is 0 Å². The number of aryl methyl sites for hydroxylation is 2. The van der Waals surface area contributed by atoms with Crippen molar-refractivity contribution in [1.82, 2.24) is 9.78 Å². The summed E-state index contributed by atoms with van der Waals surface area (Å²) in [5.41, 5.74) is 1.54. The van der Waals surface area contributed by atoms with Crippen LogP contribution in [0.15, 0.2) is 0 Å². The van der Waals surface area contributed by atoms with Crippen molar-refractivity contribution in [2.75, 3.05) is 0 Å². The molecule has 1 aliphatic heterocycles. The van der Waals surface area contributed by atoms with Gasteiger partial charge in [-0.1, -0.05) is 11.6 Å². The Bertz CT molecular complexity index is 442. The number of aromatic nitrogens is 2. The summed E-state index contributed by atoms with van der Waals surface area (Å²) in [5.74, 6) is 0.0965. The van der Waals surface area contributed by atoms with Gasteiger partial charge in [0.2, 0.25) is 0 Å². The number of hydrogen-bond acceptors (Lipinski definition) is 3. The smallest absolute Gasteiger partial charge is 0.167 e. The first-order chi connectivity index (χ1) is 7.99. The van der Waals surface area contributed by atoms with Gasteiger partial charge in [-0.2, -0.15) is 5.10 Å². The summed E-state index contributed by atoms with van der Waals surface area (Å²) in [6, 6.07) is 0. The zero-order chi connectivity index (χ0) is 12.6. The van der Waals surface area contributed by atoms with Crippen molar-refractivity contribution in [2.45, 2.75) is 45.3 Å². The average molecular weight is 257 g/mol. The highest BCUT2D eigenvalue weighted by molar-refractivity contribution is 6.32. The molecule has 0 amide bonds. The van der Waals surface area contributed by atoms with E-state index in [2.05, 4.69) is 5.10 Å². The van der Waals surface area contributed by atoms with Gasteiger partial charge in [-0.05, 0) is 26.7 Å². The summed E-state index contributed by atoms with van der Waals surface area (Å²) in [7, 11) is 1.81. The molecular formula is C12H17ClN2O2. The Morgan fingerprint density at radius 3 is 2.76 bits per heavy atom. The fraction of sp³-hybridized carbons (Fsp3) is 0.667. The Labute approximate surface area is 106 Å². The number of ether oxygens (including phenoxy) is 1. The van der Waals surface area contributed by atoms with Crippen LogP contribution in [-0.2, 0) is 23.0 Å². The van der Waals surface area contributed by atoms with Gasteiger partial charge in [0.25, 0.3) is 0 Å². The molecule has 5 heteroatoms. The SMILES string of the molecule is Cc1nn(C)c(CC(=O)C2CCC(C)O2)c1Cl. The van der Waals surface area contributed by atoms with Crippen molar-refractivity contribution < 1.29 is 9.53 Å². The van der Waals surface area contributed by atoms with E-state index in [1.54, 1.807) is 11.7 Å². The second-order valence-corrected chi connectivity index (χ2v) is 5.00. The second kappa shape index (κ2) is 4.78. The maximum absolute atomic E-state index is 12.0. The van der Waals surface area contributed by atoms with E-state index in [4.69, 9.17) is 16.3 Å². The molecule has 1 aliphatic rings. The van der Waals surface area contributed by atoms with Crippen LogP contribution in [0.5, 0.6) is 0 Å². The Balaban J connectivity index is 2.08. The zero-order valence-corrected chi connectivity index (χ0v) is 11.1. The molecule has 0 N–H and O–H groups in total. The van der Waals surface area contributed by atoms with Crippen molar-refractivity contribution in [3.8, 4) is 0 Å². The largest absolute Gasteiger partial charge is 0.367 e. The van der Waals surface area contributed by atoms with Crippen LogP contribution < -0.4 is 0 Å². The van der Waals surface area contributed by atoms with Gasteiger partial charge in [-0.25, -0.2) is 0 Å². The molecule has 1 fully saturated rings. The second-order valence-electron chi connectivity index (χ2n) is 4.63. The number of carbonyl (C=O) groups excluding carboxylic acids is 1. The van der Waals surface area contributed by atoms with E-state index in [-0.39, 0.29) is 18.0 Å². The lowest BCUT2D eigenvalue weighted by atomic mass is 10.1. The number of rotatable bonds is 3. The highest BCUT2D eigenvalue weighted by atomic mass is 35.5. The number of halogens is 1. The van der Waals surface area contributed by atoms with E-state index in [9.17, 15) is 4.79 Å². The topological polar surface area (TPSA) is 44.1 Å². The first kappa shape index (κ1) is 12.6. The van der Waals surface area contributed by atoms with Gasteiger partial charge in [-0.3, -0.25) is 9.48 Å². The minimum absolute atomic E-state index is 0.0965. The Kier molecular flexibility index (Phi) is 3.54. The lowest BCUT2D eigenvalue weighted by molar-refractivity contribution is -0.128. The molecule has 94 valence electrons. The van der Waals surface area contributed by atoms with Crippen LogP contribution in [0, 0.1) is 6.92 Å². The molecule has 0 spiro atoms. The van der Waals surface area contributed by atoms with E-state index in [1.165, 1.54) is 0 Å². The molecule has 2 unspecified atom stereocenters. The maximum atomic E-state index is 12.0. The number of hydrogen-bond donors (Lipinski definition) is 0. The van der Waals surface area contributed by atoms with Gasteiger partial charge < -0.3 is 4.74 Å². The van der Waals surface area contributed by atoms with Crippen molar-refractivity contribution in [1.29, 1.82) is 0 Å². The third kappa shape index (κ3) is 2.53. The van der Waals surface area contributed by atoms with Crippen LogP contribution in [0.3, 0.4) is 0 Å². The monoisotopic (exact) mass is 256 g/mol. The summed E-state index contributed by atoms with van der Waals surface area (Å²) >= 11 is 6.12. The van der Waals surface area contributed by atoms with Gasteiger partial charge >= 0.3 is 0 Å². The predicted octanol–water partition coefficient (Wildman–Crippen LogP) is 2.06. The van der Waals surface area contributed by atoms with Crippen molar-refractivity contribution in [3.05, 3.63) is 16.4 Å². The van der Waals surface area contributed by atoms with E-state index < -0.39 is 0 Å². The van der Waals surface area contributed by atoms with Gasteiger partial charge in [0, 0.05) is 7.05 Å². The molecule has 2 rings (SSSR count). The predicted molar refractivity (Wildman–Crippen MR) is 65.2 cm³/mol. The first-order valence-electron chi connectivity index (χ1n) is 5.85. The molecule has 0 radical (unpaired) electrons. The van der Waals surface area contributed by atoms with Crippen LogP contribution >= 0.6 is 11.6 Å². The van der Waals surface area contributed by atoms with E-state index in [1.807, 2.05) is 13.8 Å². The lowest BCUT2D eigenvalue weighted by Gasteiger charge is -2.10. The third-order valence-corrected chi connectivity index (χ3v) is 3.69. The fourth-order valence-corrected chi connectivity index (χ4v) is 2.42. The van der Waals surface area contributed by atoms with Crippen LogP contribution in [0.1, 0.15) is 31.2 Å². The maximum Gasteiger partial charge on any atom is 0.167 e. The Morgan fingerprint density at radius 1 is 1.59 bits per heavy atom. The molecule has 1 aromatic rings. The van der Waals surface area contributed by atoms with Crippen LogP contribution in [-0.4, -0.2) is 27.8 Å². The molecule has 0 aliphatic carbocycles. The van der Waals surface area contributed by atoms with Gasteiger partial charge in [0.15, 0.2) is 5.78 Å². The third-order valence-electron chi connectivity index (χ3n) is 3.19.